The van der Waals surface area contributed by atoms with Crippen LogP contribution in [-0.4, -0.2) is 36.0 Å². The number of ether oxygens (including phenoxy) is 1. The lowest BCUT2D eigenvalue weighted by molar-refractivity contribution is -0.128. The molecule has 1 aromatic rings. The summed E-state index contributed by atoms with van der Waals surface area (Å²) in [5.41, 5.74) is 0. The molecule has 1 amide bonds. The van der Waals surface area contributed by atoms with Gasteiger partial charge < -0.3 is 14.1 Å². The fourth-order valence-electron chi connectivity index (χ4n) is 2.32. The largest absolute Gasteiger partial charge is 0.459 e. The van der Waals surface area contributed by atoms with E-state index in [9.17, 15) is 9.59 Å². The Hall–Kier alpha value is -1.78. The summed E-state index contributed by atoms with van der Waals surface area (Å²) in [7, 11) is 0. The molecule has 2 heterocycles. The highest BCUT2D eigenvalue weighted by atomic mass is 16.5. The molecule has 5 heteroatoms. The van der Waals surface area contributed by atoms with Crippen LogP contribution in [0.4, 0.5) is 0 Å². The van der Waals surface area contributed by atoms with Gasteiger partial charge in [0.05, 0.1) is 12.9 Å². The molecule has 1 aromatic heterocycles. The van der Waals surface area contributed by atoms with Crippen LogP contribution in [0.5, 0.6) is 0 Å². The van der Waals surface area contributed by atoms with Gasteiger partial charge >= 0.3 is 5.97 Å². The molecule has 96 valence electrons. The number of hydrogen-bond acceptors (Lipinski definition) is 4. The van der Waals surface area contributed by atoms with Gasteiger partial charge in [-0.15, -0.1) is 0 Å². The number of carbonyl (C=O) groups excluding carboxylic acids is 2. The van der Waals surface area contributed by atoms with Gasteiger partial charge in [0.2, 0.25) is 11.7 Å². The summed E-state index contributed by atoms with van der Waals surface area (Å²) in [5.74, 6) is 0.0595. The smallest absolute Gasteiger partial charge is 0.374 e. The molecule has 0 radical (unpaired) electrons. The Bertz CT molecular complexity index is 450. The predicted molar refractivity (Wildman–Crippen MR) is 61.8 cm³/mol. The fourth-order valence-corrected chi connectivity index (χ4v) is 2.32. The standard InChI is InChI=1S/C13H15NO4/c15-12-6-9(7-14(12)10-3-4-10)8-18-13(16)11-2-1-5-17-11/h1-2,5,9-10H,3-4,6-8H2/t9-/m1/s1. The second-order valence-electron chi connectivity index (χ2n) is 4.92. The quantitative estimate of drug-likeness (QED) is 0.758. The lowest BCUT2D eigenvalue weighted by Gasteiger charge is -2.15. The summed E-state index contributed by atoms with van der Waals surface area (Å²) < 4.78 is 10.1. The van der Waals surface area contributed by atoms with E-state index in [2.05, 4.69) is 0 Å². The first-order valence-electron chi connectivity index (χ1n) is 6.24. The first kappa shape index (κ1) is 11.3. The molecule has 2 fully saturated rings. The maximum atomic E-state index is 11.7. The van der Waals surface area contributed by atoms with Crippen LogP contribution in [0, 0.1) is 5.92 Å². The van der Waals surface area contributed by atoms with Crippen LogP contribution in [0.3, 0.4) is 0 Å². The highest BCUT2D eigenvalue weighted by Crippen LogP contribution is 2.32. The summed E-state index contributed by atoms with van der Waals surface area (Å²) in [6.07, 6.45) is 4.15. The number of carbonyl (C=O) groups is 2. The van der Waals surface area contributed by atoms with E-state index in [-0.39, 0.29) is 24.2 Å². The summed E-state index contributed by atoms with van der Waals surface area (Å²) in [4.78, 5) is 25.2. The van der Waals surface area contributed by atoms with Crippen molar-refractivity contribution in [3.8, 4) is 0 Å². The van der Waals surface area contributed by atoms with Crippen molar-refractivity contribution in [2.75, 3.05) is 13.2 Å². The third-order valence-electron chi connectivity index (χ3n) is 3.40. The maximum absolute atomic E-state index is 11.7. The van der Waals surface area contributed by atoms with Crippen LogP contribution >= 0.6 is 0 Å². The number of nitrogens with zero attached hydrogens (tertiary/aromatic N) is 1. The average molecular weight is 249 g/mol. The molecule has 1 atom stereocenters. The van der Waals surface area contributed by atoms with Gasteiger partial charge in [-0.2, -0.15) is 0 Å². The number of rotatable bonds is 4. The van der Waals surface area contributed by atoms with Gasteiger partial charge in [-0.25, -0.2) is 4.79 Å². The Morgan fingerprint density at radius 1 is 1.50 bits per heavy atom. The first-order valence-corrected chi connectivity index (χ1v) is 6.24. The van der Waals surface area contributed by atoms with Gasteiger partial charge in [-0.1, -0.05) is 0 Å². The second-order valence-corrected chi connectivity index (χ2v) is 4.92. The van der Waals surface area contributed by atoms with E-state index in [1.807, 2.05) is 4.90 Å². The van der Waals surface area contributed by atoms with Crippen molar-refractivity contribution < 1.29 is 18.7 Å². The third-order valence-corrected chi connectivity index (χ3v) is 3.40. The Labute approximate surface area is 105 Å². The lowest BCUT2D eigenvalue weighted by atomic mass is 10.1. The highest BCUT2D eigenvalue weighted by molar-refractivity contribution is 5.86. The topological polar surface area (TPSA) is 59.8 Å². The monoisotopic (exact) mass is 249 g/mol. The zero-order chi connectivity index (χ0) is 12.5. The van der Waals surface area contributed by atoms with Crippen molar-refractivity contribution in [2.24, 2.45) is 5.92 Å². The van der Waals surface area contributed by atoms with Gasteiger partial charge in [0, 0.05) is 24.9 Å². The number of amides is 1. The van der Waals surface area contributed by atoms with Gasteiger partial charge in [0.15, 0.2) is 0 Å². The van der Waals surface area contributed by atoms with Crippen molar-refractivity contribution >= 4 is 11.9 Å². The van der Waals surface area contributed by atoms with E-state index in [0.717, 1.165) is 19.4 Å². The molecule has 1 saturated carbocycles. The van der Waals surface area contributed by atoms with Gasteiger partial charge in [0.1, 0.15) is 0 Å². The number of furan rings is 1. The Balaban J connectivity index is 1.49. The molecular formula is C13H15NO4. The number of hydrogen-bond donors (Lipinski definition) is 0. The molecule has 0 aromatic carbocycles. The van der Waals surface area contributed by atoms with E-state index < -0.39 is 5.97 Å². The van der Waals surface area contributed by atoms with Crippen molar-refractivity contribution in [1.82, 2.24) is 4.90 Å². The Morgan fingerprint density at radius 2 is 2.33 bits per heavy atom. The minimum absolute atomic E-state index is 0.122. The molecule has 2 aliphatic rings. The van der Waals surface area contributed by atoms with Gasteiger partial charge in [0.25, 0.3) is 0 Å². The average Bonchev–Trinajstić information content (AvgIpc) is 2.91. The predicted octanol–water partition coefficient (Wildman–Crippen LogP) is 1.45. The van der Waals surface area contributed by atoms with Crippen molar-refractivity contribution in [2.45, 2.75) is 25.3 Å². The van der Waals surface area contributed by atoms with Crippen LogP contribution in [-0.2, 0) is 9.53 Å². The third kappa shape index (κ3) is 2.25. The summed E-state index contributed by atoms with van der Waals surface area (Å²) in [5, 5.41) is 0. The summed E-state index contributed by atoms with van der Waals surface area (Å²) in [6, 6.07) is 3.66. The molecule has 3 rings (SSSR count). The SMILES string of the molecule is O=C(OC[C@@H]1CC(=O)N(C2CC2)C1)c1ccco1. The molecule has 1 aliphatic heterocycles. The normalized spacial score (nSPS) is 23.4. The van der Waals surface area contributed by atoms with Crippen LogP contribution in [0.1, 0.15) is 29.8 Å². The van der Waals surface area contributed by atoms with Crippen molar-refractivity contribution in [3.05, 3.63) is 24.2 Å². The maximum Gasteiger partial charge on any atom is 0.374 e. The number of likely N-dealkylation sites (tertiary alicyclic amines) is 1. The Kier molecular flexibility index (Phi) is 2.81. The van der Waals surface area contributed by atoms with Gasteiger partial charge in [-0.3, -0.25) is 4.79 Å². The van der Waals surface area contributed by atoms with E-state index in [1.54, 1.807) is 12.1 Å². The van der Waals surface area contributed by atoms with E-state index in [0.29, 0.717) is 12.5 Å². The first-order chi connectivity index (χ1) is 8.74. The molecule has 0 N–H and O–H groups in total. The van der Waals surface area contributed by atoms with Crippen LogP contribution in [0.15, 0.2) is 22.8 Å². The lowest BCUT2D eigenvalue weighted by Crippen LogP contribution is -2.27. The van der Waals surface area contributed by atoms with Crippen LogP contribution in [0.2, 0.25) is 0 Å². The van der Waals surface area contributed by atoms with Crippen molar-refractivity contribution in [3.63, 3.8) is 0 Å². The molecule has 0 bridgehead atoms. The van der Waals surface area contributed by atoms with Crippen LogP contribution < -0.4 is 0 Å². The molecule has 0 unspecified atom stereocenters. The molecule has 0 spiro atoms. The van der Waals surface area contributed by atoms with E-state index >= 15 is 0 Å². The molecule has 1 aliphatic carbocycles. The van der Waals surface area contributed by atoms with Gasteiger partial charge in [-0.05, 0) is 25.0 Å². The fraction of sp³-hybridized carbons (Fsp3) is 0.538. The second kappa shape index (κ2) is 4.48. The minimum Gasteiger partial charge on any atom is -0.459 e. The molecule has 5 nitrogen and oxygen atoms in total. The Morgan fingerprint density at radius 3 is 3.00 bits per heavy atom. The summed E-state index contributed by atoms with van der Waals surface area (Å²) >= 11 is 0. The minimum atomic E-state index is -0.461. The van der Waals surface area contributed by atoms with E-state index in [4.69, 9.17) is 9.15 Å². The highest BCUT2D eigenvalue weighted by Gasteiger charge is 2.39. The summed E-state index contributed by atoms with van der Waals surface area (Å²) in [6.45, 7) is 1.00. The van der Waals surface area contributed by atoms with Crippen molar-refractivity contribution in [1.29, 1.82) is 0 Å². The van der Waals surface area contributed by atoms with E-state index in [1.165, 1.54) is 6.26 Å². The zero-order valence-electron chi connectivity index (χ0n) is 10.0. The molecule has 18 heavy (non-hydrogen) atoms. The zero-order valence-corrected chi connectivity index (χ0v) is 10.0. The molecule has 1 saturated heterocycles. The number of esters is 1. The molecular weight excluding hydrogens is 234 g/mol. The van der Waals surface area contributed by atoms with Crippen LogP contribution in [0.25, 0.3) is 0 Å².